The normalized spacial score (nSPS) is 13.7. The van der Waals surface area contributed by atoms with Crippen LogP contribution in [0.3, 0.4) is 0 Å². The summed E-state index contributed by atoms with van der Waals surface area (Å²) in [4.78, 5) is 12.6. The Balaban J connectivity index is 1.09. The van der Waals surface area contributed by atoms with E-state index >= 15 is 0 Å². The highest BCUT2D eigenvalue weighted by Crippen LogP contribution is 2.39. The number of hydrogen-bond donors (Lipinski definition) is 5. The van der Waals surface area contributed by atoms with Gasteiger partial charge in [0.2, 0.25) is 5.75 Å². The van der Waals surface area contributed by atoms with Crippen LogP contribution in [0.5, 0.6) is 28.7 Å². The molecule has 0 saturated heterocycles. The molecule has 1 unspecified atom stereocenters. The zero-order valence-electron chi connectivity index (χ0n) is 29.2. The van der Waals surface area contributed by atoms with Gasteiger partial charge in [0, 0.05) is 16.8 Å². The first kappa shape index (κ1) is 37.0. The molecule has 1 aliphatic heterocycles. The maximum absolute atomic E-state index is 12.6. The summed E-state index contributed by atoms with van der Waals surface area (Å²) in [7, 11) is 4.70. The summed E-state index contributed by atoms with van der Waals surface area (Å²) in [5.41, 5.74) is 5.66. The number of benzene rings is 4. The van der Waals surface area contributed by atoms with Crippen LogP contribution in [0, 0.1) is 0 Å². The first-order valence-corrected chi connectivity index (χ1v) is 16.9. The van der Waals surface area contributed by atoms with E-state index in [4.69, 9.17) is 23.7 Å². The van der Waals surface area contributed by atoms with E-state index in [9.17, 15) is 20.1 Å². The zero-order chi connectivity index (χ0) is 36.2. The lowest BCUT2D eigenvalue weighted by atomic mass is 10.0. The van der Waals surface area contributed by atoms with Crippen molar-refractivity contribution in [3.8, 4) is 28.7 Å². The van der Waals surface area contributed by atoms with Gasteiger partial charge in [0.25, 0.3) is 5.91 Å². The van der Waals surface area contributed by atoms with E-state index in [0.717, 1.165) is 48.1 Å². The van der Waals surface area contributed by atoms with Crippen molar-refractivity contribution in [1.29, 1.82) is 0 Å². The third kappa shape index (κ3) is 9.12. The Hall–Kier alpha value is -5.23. The number of unbranched alkanes of at least 4 members (excludes halogenated alkanes) is 3. The molecule has 5 rings (SSSR count). The van der Waals surface area contributed by atoms with Crippen LogP contribution in [0.1, 0.15) is 75.6 Å². The van der Waals surface area contributed by atoms with Crippen LogP contribution < -0.4 is 34.3 Å². The summed E-state index contributed by atoms with van der Waals surface area (Å²) in [5, 5.41) is 35.8. The van der Waals surface area contributed by atoms with Gasteiger partial charge in [-0.15, -0.1) is 0 Å². The van der Waals surface area contributed by atoms with E-state index < -0.39 is 6.17 Å². The fourth-order valence-electron chi connectivity index (χ4n) is 5.99. The minimum Gasteiger partial charge on any atom is -0.496 e. The Labute approximate surface area is 298 Å². The van der Waals surface area contributed by atoms with Crippen LogP contribution in [-0.4, -0.2) is 55.8 Å². The second-order valence-electron chi connectivity index (χ2n) is 12.0. The smallest absolute Gasteiger partial charge is 0.255 e. The number of para-hydroxylation sites is 1. The molecule has 1 heterocycles. The van der Waals surface area contributed by atoms with E-state index in [1.165, 1.54) is 7.11 Å². The lowest BCUT2D eigenvalue weighted by Crippen LogP contribution is -2.38. The number of aliphatic hydroxyl groups excluding tert-OH is 3. The van der Waals surface area contributed by atoms with E-state index in [0.29, 0.717) is 64.2 Å². The van der Waals surface area contributed by atoms with Crippen LogP contribution in [0.15, 0.2) is 66.7 Å². The molecule has 0 fully saturated rings. The Morgan fingerprint density at radius 1 is 0.647 bits per heavy atom. The van der Waals surface area contributed by atoms with E-state index in [2.05, 4.69) is 10.6 Å². The van der Waals surface area contributed by atoms with Crippen molar-refractivity contribution in [1.82, 2.24) is 5.32 Å². The van der Waals surface area contributed by atoms with Gasteiger partial charge < -0.3 is 49.6 Å². The van der Waals surface area contributed by atoms with Crippen LogP contribution in [-0.2, 0) is 19.8 Å². The fourth-order valence-corrected chi connectivity index (χ4v) is 5.99. The third-order valence-electron chi connectivity index (χ3n) is 8.70. The van der Waals surface area contributed by atoms with Crippen molar-refractivity contribution >= 4 is 23.7 Å². The molecule has 5 N–H and O–H groups in total. The molecule has 1 aliphatic rings. The molecule has 0 saturated carbocycles. The maximum atomic E-state index is 12.6. The molecule has 270 valence electrons. The van der Waals surface area contributed by atoms with Gasteiger partial charge in [0.15, 0.2) is 11.5 Å². The van der Waals surface area contributed by atoms with Crippen molar-refractivity contribution in [2.45, 2.75) is 51.7 Å². The predicted molar refractivity (Wildman–Crippen MR) is 195 cm³/mol. The first-order valence-electron chi connectivity index (χ1n) is 16.9. The van der Waals surface area contributed by atoms with Gasteiger partial charge in [-0.3, -0.25) is 4.79 Å². The number of anilines is 1. The lowest BCUT2D eigenvalue weighted by Gasteiger charge is -2.28. The molecule has 1 amide bonds. The SMILES string of the molecule is COc1cc(C=Cc2cc(OC)c(OCCCCCCOc3ccc(C4NC(=O)c5ccccc5N4)cc3CO)c(OC)c2)cc(CO)c1CO. The zero-order valence-corrected chi connectivity index (χ0v) is 29.2. The molecule has 11 heteroatoms. The fraction of sp³-hybridized carbons (Fsp3) is 0.325. The monoisotopic (exact) mass is 698 g/mol. The number of ether oxygens (including phenoxy) is 5. The van der Waals surface area contributed by atoms with Crippen LogP contribution in [0.2, 0.25) is 0 Å². The summed E-state index contributed by atoms with van der Waals surface area (Å²) in [6.45, 7) is 0.371. The molecular formula is C40H46N2O9. The highest BCUT2D eigenvalue weighted by molar-refractivity contribution is 6.01. The molecule has 4 aromatic carbocycles. The quantitative estimate of drug-likeness (QED) is 0.0598. The first-order chi connectivity index (χ1) is 24.9. The topological polar surface area (TPSA) is 148 Å². The second-order valence-corrected chi connectivity index (χ2v) is 12.0. The molecule has 0 aliphatic carbocycles. The van der Waals surface area contributed by atoms with Crippen LogP contribution >= 0.6 is 0 Å². The summed E-state index contributed by atoms with van der Waals surface area (Å²) in [6, 6.07) is 20.3. The average Bonchev–Trinajstić information content (AvgIpc) is 3.17. The minimum absolute atomic E-state index is 0.144. The number of carbonyl (C=O) groups is 1. The average molecular weight is 699 g/mol. The number of fused-ring (bicyclic) bond motifs is 1. The Kier molecular flexibility index (Phi) is 13.2. The molecule has 0 aromatic heterocycles. The molecule has 0 radical (unpaired) electrons. The van der Waals surface area contributed by atoms with Crippen molar-refractivity contribution in [2.24, 2.45) is 0 Å². The number of carbonyl (C=O) groups excluding carboxylic acids is 1. The third-order valence-corrected chi connectivity index (χ3v) is 8.70. The number of amides is 1. The van der Waals surface area contributed by atoms with Crippen molar-refractivity contribution in [2.75, 3.05) is 39.9 Å². The molecule has 11 nitrogen and oxygen atoms in total. The molecule has 0 bridgehead atoms. The van der Waals surface area contributed by atoms with Gasteiger partial charge in [-0.2, -0.15) is 0 Å². The van der Waals surface area contributed by atoms with E-state index in [-0.39, 0.29) is 25.7 Å². The van der Waals surface area contributed by atoms with E-state index in [1.54, 1.807) is 26.4 Å². The summed E-state index contributed by atoms with van der Waals surface area (Å²) in [5.74, 6) is 2.61. The number of nitrogens with one attached hydrogen (secondary N) is 2. The Morgan fingerprint density at radius 2 is 1.27 bits per heavy atom. The molecule has 4 aromatic rings. The largest absolute Gasteiger partial charge is 0.496 e. The Bertz CT molecular complexity index is 1770. The second kappa shape index (κ2) is 18.1. The number of methoxy groups -OCH3 is 3. The molecule has 0 spiro atoms. The van der Waals surface area contributed by atoms with E-state index in [1.807, 2.05) is 66.7 Å². The maximum Gasteiger partial charge on any atom is 0.255 e. The van der Waals surface area contributed by atoms with Crippen LogP contribution in [0.25, 0.3) is 12.2 Å². The highest BCUT2D eigenvalue weighted by Gasteiger charge is 2.25. The molecule has 51 heavy (non-hydrogen) atoms. The Morgan fingerprint density at radius 3 is 1.92 bits per heavy atom. The van der Waals surface area contributed by atoms with Gasteiger partial charge in [-0.05, 0) is 96.5 Å². The van der Waals surface area contributed by atoms with Crippen molar-refractivity contribution in [3.63, 3.8) is 0 Å². The lowest BCUT2D eigenvalue weighted by molar-refractivity contribution is 0.0935. The summed E-state index contributed by atoms with van der Waals surface area (Å²) in [6.07, 6.45) is 6.92. The highest BCUT2D eigenvalue weighted by atomic mass is 16.5. The van der Waals surface area contributed by atoms with Crippen LogP contribution in [0.4, 0.5) is 5.69 Å². The molecular weight excluding hydrogens is 652 g/mol. The number of aliphatic hydroxyl groups is 3. The predicted octanol–water partition coefficient (Wildman–Crippen LogP) is 6.23. The van der Waals surface area contributed by atoms with Gasteiger partial charge in [-0.25, -0.2) is 0 Å². The minimum atomic E-state index is -0.405. The van der Waals surface area contributed by atoms with Crippen molar-refractivity contribution < 1.29 is 43.8 Å². The van der Waals surface area contributed by atoms with Crippen molar-refractivity contribution in [3.05, 3.63) is 106 Å². The van der Waals surface area contributed by atoms with Gasteiger partial charge in [0.05, 0.1) is 59.9 Å². The number of hydrogen-bond acceptors (Lipinski definition) is 10. The van der Waals surface area contributed by atoms with Gasteiger partial charge in [-0.1, -0.05) is 30.4 Å². The van der Waals surface area contributed by atoms with Gasteiger partial charge >= 0.3 is 0 Å². The molecule has 1 atom stereocenters. The van der Waals surface area contributed by atoms with Gasteiger partial charge in [0.1, 0.15) is 17.7 Å². The standard InChI is InChI=1S/C40H46N2O9/c1-47-35-19-26(18-29(23-43)32(35)25-45)12-13-27-20-36(48-2)38(37(21-27)49-3)51-17-9-5-4-8-16-50-34-15-14-28(22-30(34)24-44)39-41-33-11-7-6-10-31(33)40(46)42-39/h6-7,10-15,18-22,39,41,43-45H,4-5,8-9,16-17,23-25H2,1-3H3,(H,42,46). The summed E-state index contributed by atoms with van der Waals surface area (Å²) < 4.78 is 28.8. The number of rotatable bonds is 18. The summed E-state index contributed by atoms with van der Waals surface area (Å²) >= 11 is 0.